The molecule has 3 N–H and O–H groups in total. The monoisotopic (exact) mass is 251 g/mol. The quantitative estimate of drug-likeness (QED) is 0.641. The second-order valence-electron chi connectivity index (χ2n) is 3.36. The Morgan fingerprint density at radius 2 is 2.06 bits per heavy atom. The van der Waals surface area contributed by atoms with Crippen molar-refractivity contribution < 1.29 is 18.3 Å². The number of hydrogen-bond acceptors (Lipinski definition) is 3. The van der Waals surface area contributed by atoms with Crippen LogP contribution in [0.25, 0.3) is 0 Å². The third kappa shape index (κ3) is 3.31. The average Bonchev–Trinajstić information content (AvgIpc) is 2.19. The van der Waals surface area contributed by atoms with Crippen molar-refractivity contribution in [1.82, 2.24) is 0 Å². The summed E-state index contributed by atoms with van der Waals surface area (Å²) in [6, 6.07) is 3.66. The predicted octanol–water partition coefficient (Wildman–Crippen LogP) is 2.76. The number of anilines is 1. The van der Waals surface area contributed by atoms with Gasteiger partial charge in [0.15, 0.2) is 0 Å². The van der Waals surface area contributed by atoms with Crippen LogP contribution in [0.1, 0.15) is 12.5 Å². The molecular weight excluding hydrogens is 239 g/mol. The van der Waals surface area contributed by atoms with Crippen molar-refractivity contribution in [2.75, 3.05) is 12.3 Å². The molecule has 16 heavy (non-hydrogen) atoms. The first kappa shape index (κ1) is 13.2. The summed E-state index contributed by atoms with van der Waals surface area (Å²) in [7, 11) is 0. The fourth-order valence-electron chi connectivity index (χ4n) is 1.13. The van der Waals surface area contributed by atoms with Gasteiger partial charge in [-0.15, -0.1) is 11.8 Å². The molecule has 0 bridgehead atoms. The van der Waals surface area contributed by atoms with E-state index in [2.05, 4.69) is 0 Å². The van der Waals surface area contributed by atoms with Crippen molar-refractivity contribution in [3.63, 3.8) is 0 Å². The Morgan fingerprint density at radius 1 is 1.44 bits per heavy atom. The summed E-state index contributed by atoms with van der Waals surface area (Å²) in [6.07, 6.45) is -4.42. The van der Waals surface area contributed by atoms with Crippen LogP contribution < -0.4 is 5.73 Å². The molecule has 0 amide bonds. The highest BCUT2D eigenvalue weighted by molar-refractivity contribution is 8.00. The lowest BCUT2D eigenvalue weighted by Crippen LogP contribution is -2.10. The number of aliphatic hydroxyl groups is 1. The Labute approximate surface area is 95.6 Å². The van der Waals surface area contributed by atoms with Crippen LogP contribution in [0.4, 0.5) is 18.9 Å². The molecule has 1 aromatic rings. The van der Waals surface area contributed by atoms with Crippen molar-refractivity contribution in [2.45, 2.75) is 23.2 Å². The second-order valence-corrected chi connectivity index (χ2v) is 4.84. The molecule has 0 radical (unpaired) electrons. The number of halogens is 3. The highest BCUT2D eigenvalue weighted by Gasteiger charge is 2.34. The van der Waals surface area contributed by atoms with Crippen LogP contribution in [0, 0.1) is 0 Å². The van der Waals surface area contributed by atoms with Gasteiger partial charge in [0.25, 0.3) is 0 Å². The Balaban J connectivity index is 3.08. The predicted molar refractivity (Wildman–Crippen MR) is 58.3 cm³/mol. The molecule has 0 heterocycles. The van der Waals surface area contributed by atoms with Crippen molar-refractivity contribution in [1.29, 1.82) is 0 Å². The molecule has 1 rings (SSSR count). The molecular formula is C10H12F3NOS. The number of rotatable bonds is 3. The van der Waals surface area contributed by atoms with Gasteiger partial charge in [0, 0.05) is 15.8 Å². The minimum absolute atomic E-state index is 0.0772. The van der Waals surface area contributed by atoms with Crippen molar-refractivity contribution in [3.8, 4) is 0 Å². The van der Waals surface area contributed by atoms with E-state index in [1.165, 1.54) is 12.1 Å². The average molecular weight is 251 g/mol. The van der Waals surface area contributed by atoms with E-state index in [0.29, 0.717) is 0 Å². The van der Waals surface area contributed by atoms with E-state index < -0.39 is 11.7 Å². The van der Waals surface area contributed by atoms with Gasteiger partial charge in [-0.2, -0.15) is 13.2 Å². The Kier molecular flexibility index (Phi) is 4.09. The molecule has 6 heteroatoms. The Morgan fingerprint density at radius 3 is 2.56 bits per heavy atom. The first-order chi connectivity index (χ1) is 7.34. The van der Waals surface area contributed by atoms with E-state index in [4.69, 9.17) is 10.8 Å². The summed E-state index contributed by atoms with van der Waals surface area (Å²) in [5.41, 5.74) is 4.65. The lowest BCUT2D eigenvalue weighted by atomic mass is 10.2. The molecule has 0 saturated carbocycles. The van der Waals surface area contributed by atoms with Crippen LogP contribution in [0.5, 0.6) is 0 Å². The van der Waals surface area contributed by atoms with E-state index >= 15 is 0 Å². The van der Waals surface area contributed by atoms with Crippen LogP contribution in [-0.2, 0) is 6.18 Å². The summed E-state index contributed by atoms with van der Waals surface area (Å²) in [6.45, 7) is 1.48. The zero-order chi connectivity index (χ0) is 12.3. The molecule has 0 fully saturated rings. The molecule has 0 spiro atoms. The molecule has 0 aliphatic rings. The summed E-state index contributed by atoms with van der Waals surface area (Å²) < 4.78 is 38.0. The SMILES string of the molecule is CC(CO)Sc1ccc(N)cc1C(F)(F)F. The zero-order valence-electron chi connectivity index (χ0n) is 8.58. The number of alkyl halides is 3. The third-order valence-corrected chi connectivity index (χ3v) is 3.06. The number of thioether (sulfide) groups is 1. The van der Waals surface area contributed by atoms with Gasteiger partial charge >= 0.3 is 6.18 Å². The number of aliphatic hydroxyl groups excluding tert-OH is 1. The minimum atomic E-state index is -4.42. The number of benzene rings is 1. The van der Waals surface area contributed by atoms with Gasteiger partial charge in [0.1, 0.15) is 0 Å². The fraction of sp³-hybridized carbons (Fsp3) is 0.400. The smallest absolute Gasteiger partial charge is 0.399 e. The molecule has 2 nitrogen and oxygen atoms in total. The largest absolute Gasteiger partial charge is 0.417 e. The molecule has 0 aliphatic heterocycles. The van der Waals surface area contributed by atoms with Gasteiger partial charge in [-0.3, -0.25) is 0 Å². The summed E-state index contributed by atoms with van der Waals surface area (Å²) in [5, 5.41) is 8.53. The second kappa shape index (κ2) is 4.97. The van der Waals surface area contributed by atoms with Crippen molar-refractivity contribution >= 4 is 17.4 Å². The third-order valence-electron chi connectivity index (χ3n) is 1.89. The van der Waals surface area contributed by atoms with Gasteiger partial charge in [0.2, 0.25) is 0 Å². The van der Waals surface area contributed by atoms with E-state index in [1.807, 2.05) is 0 Å². The van der Waals surface area contributed by atoms with Crippen LogP contribution >= 0.6 is 11.8 Å². The molecule has 90 valence electrons. The number of nitrogens with two attached hydrogens (primary N) is 1. The standard InChI is InChI=1S/C10H12F3NOS/c1-6(5-15)16-9-3-2-7(14)4-8(9)10(11,12)13/h2-4,6,15H,5,14H2,1H3. The van der Waals surface area contributed by atoms with Gasteiger partial charge in [-0.05, 0) is 18.2 Å². The van der Waals surface area contributed by atoms with Crippen LogP contribution in [0.3, 0.4) is 0 Å². The lowest BCUT2D eigenvalue weighted by molar-refractivity contribution is -0.139. The first-order valence-electron chi connectivity index (χ1n) is 4.59. The maximum Gasteiger partial charge on any atom is 0.417 e. The van der Waals surface area contributed by atoms with Crippen molar-refractivity contribution in [3.05, 3.63) is 23.8 Å². The van der Waals surface area contributed by atoms with E-state index in [0.717, 1.165) is 17.8 Å². The summed E-state index contributed by atoms with van der Waals surface area (Å²) in [4.78, 5) is 0.0863. The van der Waals surface area contributed by atoms with Gasteiger partial charge in [0.05, 0.1) is 12.2 Å². The Hall–Kier alpha value is -0.880. The fourth-order valence-corrected chi connectivity index (χ4v) is 2.08. The number of hydrogen-bond donors (Lipinski definition) is 2. The minimum Gasteiger partial charge on any atom is -0.399 e. The van der Waals surface area contributed by atoms with Gasteiger partial charge in [-0.25, -0.2) is 0 Å². The summed E-state index contributed by atoms with van der Waals surface area (Å²) in [5.74, 6) is 0. The topological polar surface area (TPSA) is 46.2 Å². The number of nitrogen functional groups attached to an aromatic ring is 1. The molecule has 0 saturated heterocycles. The van der Waals surface area contributed by atoms with Gasteiger partial charge in [-0.1, -0.05) is 6.92 Å². The molecule has 1 unspecified atom stereocenters. The normalized spacial score (nSPS) is 13.8. The highest BCUT2D eigenvalue weighted by Crippen LogP contribution is 2.38. The molecule has 1 atom stereocenters. The molecule has 0 aliphatic carbocycles. The van der Waals surface area contributed by atoms with E-state index in [9.17, 15) is 13.2 Å². The molecule has 1 aromatic carbocycles. The Bertz CT molecular complexity index is 368. The molecule has 0 aromatic heterocycles. The zero-order valence-corrected chi connectivity index (χ0v) is 9.40. The van der Waals surface area contributed by atoms with Crippen molar-refractivity contribution in [2.24, 2.45) is 0 Å². The maximum atomic E-state index is 12.7. The van der Waals surface area contributed by atoms with Crippen LogP contribution in [-0.4, -0.2) is 17.0 Å². The maximum absolute atomic E-state index is 12.7. The summed E-state index contributed by atoms with van der Waals surface area (Å²) >= 11 is 0.980. The van der Waals surface area contributed by atoms with E-state index in [-0.39, 0.29) is 22.4 Å². The van der Waals surface area contributed by atoms with Crippen LogP contribution in [0.15, 0.2) is 23.1 Å². The van der Waals surface area contributed by atoms with E-state index in [1.54, 1.807) is 6.92 Å². The van der Waals surface area contributed by atoms with Gasteiger partial charge < -0.3 is 10.8 Å². The lowest BCUT2D eigenvalue weighted by Gasteiger charge is -2.15. The first-order valence-corrected chi connectivity index (χ1v) is 5.46. The van der Waals surface area contributed by atoms with Crippen LogP contribution in [0.2, 0.25) is 0 Å². The highest BCUT2D eigenvalue weighted by atomic mass is 32.2.